The molecule has 0 atom stereocenters. The molecule has 4 aromatic rings. The van der Waals surface area contributed by atoms with Gasteiger partial charge in [-0.25, -0.2) is 24.7 Å². The third-order valence-corrected chi connectivity index (χ3v) is 5.76. The average Bonchev–Trinajstić information content (AvgIpc) is 3.51. The second kappa shape index (κ2) is 9.50. The first-order chi connectivity index (χ1) is 17.0. The number of benzene rings is 1. The third kappa shape index (κ3) is 4.68. The molecule has 1 aliphatic heterocycles. The predicted molar refractivity (Wildman–Crippen MR) is 128 cm³/mol. The lowest BCUT2D eigenvalue weighted by Gasteiger charge is -2.31. The van der Waals surface area contributed by atoms with Gasteiger partial charge in [0.15, 0.2) is 5.82 Å². The van der Waals surface area contributed by atoms with Gasteiger partial charge < -0.3 is 24.1 Å². The Morgan fingerprint density at radius 2 is 1.89 bits per heavy atom. The number of piperazine rings is 1. The number of fused-ring (bicyclic) bond motifs is 1. The first kappa shape index (κ1) is 22.5. The molecule has 12 heteroatoms. The van der Waals surface area contributed by atoms with Gasteiger partial charge in [0.05, 0.1) is 12.1 Å². The highest BCUT2D eigenvalue weighted by atomic mass is 16.5. The van der Waals surface area contributed by atoms with Crippen LogP contribution >= 0.6 is 0 Å². The zero-order chi connectivity index (χ0) is 24.4. The number of carbonyl (C=O) groups excluding carboxylic acids is 2. The summed E-state index contributed by atoms with van der Waals surface area (Å²) in [5.41, 5.74) is 3.00. The van der Waals surface area contributed by atoms with Crippen LogP contribution in [0.25, 0.3) is 28.1 Å². The van der Waals surface area contributed by atoms with Gasteiger partial charge in [-0.15, -0.1) is 0 Å². The maximum absolute atomic E-state index is 13.0. The summed E-state index contributed by atoms with van der Waals surface area (Å²) < 4.78 is 6.72. The number of hydrogen-bond acceptors (Lipinski definition) is 8. The van der Waals surface area contributed by atoms with Crippen molar-refractivity contribution in [3.63, 3.8) is 0 Å². The highest BCUT2D eigenvalue weighted by molar-refractivity contribution is 5.95. The van der Waals surface area contributed by atoms with Gasteiger partial charge in [0, 0.05) is 56.0 Å². The number of carbonyl (C=O) groups is 2. The molecule has 5 rings (SSSR count). The van der Waals surface area contributed by atoms with Gasteiger partial charge in [0.25, 0.3) is 5.91 Å². The summed E-state index contributed by atoms with van der Waals surface area (Å²) in [6, 6.07) is 5.46. The number of likely N-dealkylation sites (N-methyl/N-ethyl adjacent to an activating group) is 1. The molecule has 180 valence electrons. The van der Waals surface area contributed by atoms with E-state index in [-0.39, 0.29) is 18.5 Å². The summed E-state index contributed by atoms with van der Waals surface area (Å²) in [5, 5.41) is 2.59. The van der Waals surface area contributed by atoms with Crippen LogP contribution in [-0.4, -0.2) is 91.1 Å². The van der Waals surface area contributed by atoms with Crippen molar-refractivity contribution < 1.29 is 14.3 Å². The van der Waals surface area contributed by atoms with Crippen LogP contribution in [0, 0.1) is 0 Å². The minimum Gasteiger partial charge on any atom is -0.450 e. The zero-order valence-electron chi connectivity index (χ0n) is 19.4. The fourth-order valence-corrected chi connectivity index (χ4v) is 3.93. The van der Waals surface area contributed by atoms with Crippen LogP contribution in [0.3, 0.4) is 0 Å². The molecule has 0 bridgehead atoms. The van der Waals surface area contributed by atoms with Crippen molar-refractivity contribution in [3.05, 3.63) is 48.8 Å². The Kier molecular flexibility index (Phi) is 6.10. The van der Waals surface area contributed by atoms with Crippen LogP contribution in [-0.2, 0) is 4.74 Å². The molecule has 1 aromatic carbocycles. The number of aromatic amines is 1. The number of imidazole rings is 2. The van der Waals surface area contributed by atoms with Crippen molar-refractivity contribution in [2.45, 2.75) is 6.92 Å². The van der Waals surface area contributed by atoms with Crippen molar-refractivity contribution in [2.75, 3.05) is 45.2 Å². The van der Waals surface area contributed by atoms with Gasteiger partial charge >= 0.3 is 6.09 Å². The number of rotatable bonds is 5. The molecule has 2 N–H and O–H groups in total. The highest BCUT2D eigenvalue weighted by Gasteiger charge is 2.23. The Balaban J connectivity index is 1.51. The van der Waals surface area contributed by atoms with Crippen LogP contribution in [0.15, 0.2) is 43.1 Å². The van der Waals surface area contributed by atoms with Crippen molar-refractivity contribution >= 4 is 29.0 Å². The minimum atomic E-state index is -0.606. The summed E-state index contributed by atoms with van der Waals surface area (Å²) in [4.78, 5) is 49.6. The van der Waals surface area contributed by atoms with Crippen molar-refractivity contribution in [1.29, 1.82) is 0 Å². The second-order valence-corrected chi connectivity index (χ2v) is 8.15. The fourth-order valence-electron chi connectivity index (χ4n) is 3.93. The molecule has 3 aromatic heterocycles. The number of aromatic nitrogens is 6. The molecule has 0 spiro atoms. The molecule has 0 saturated carbocycles. The van der Waals surface area contributed by atoms with Crippen molar-refractivity contribution in [2.24, 2.45) is 0 Å². The summed E-state index contributed by atoms with van der Waals surface area (Å²) in [6.07, 6.45) is 6.01. The quantitative estimate of drug-likeness (QED) is 0.448. The Labute approximate surface area is 201 Å². The first-order valence-electron chi connectivity index (χ1n) is 11.3. The molecule has 0 radical (unpaired) electrons. The Morgan fingerprint density at radius 3 is 2.63 bits per heavy atom. The largest absolute Gasteiger partial charge is 0.450 e. The molecule has 1 fully saturated rings. The first-order valence-corrected chi connectivity index (χ1v) is 11.3. The topological polar surface area (TPSA) is 134 Å². The van der Waals surface area contributed by atoms with Gasteiger partial charge in [-0.3, -0.25) is 10.1 Å². The van der Waals surface area contributed by atoms with E-state index in [1.807, 2.05) is 24.1 Å². The van der Waals surface area contributed by atoms with Gasteiger partial charge in [0.1, 0.15) is 17.5 Å². The lowest BCUT2D eigenvalue weighted by atomic mass is 10.1. The van der Waals surface area contributed by atoms with E-state index in [1.165, 1.54) is 0 Å². The van der Waals surface area contributed by atoms with Gasteiger partial charge in [-0.1, -0.05) is 0 Å². The number of ether oxygens (including phenoxy) is 1. The van der Waals surface area contributed by atoms with E-state index in [2.05, 4.69) is 35.1 Å². The number of hydrogen-bond donors (Lipinski definition) is 2. The molecule has 1 saturated heterocycles. The molecule has 0 unspecified atom stereocenters. The average molecular weight is 476 g/mol. The molecule has 2 amide bonds. The van der Waals surface area contributed by atoms with Crippen LogP contribution in [0.1, 0.15) is 17.4 Å². The monoisotopic (exact) mass is 475 g/mol. The molecule has 35 heavy (non-hydrogen) atoms. The number of amides is 2. The van der Waals surface area contributed by atoms with E-state index < -0.39 is 6.09 Å². The smallest absolute Gasteiger partial charge is 0.413 e. The Hall–Kier alpha value is -4.32. The minimum absolute atomic E-state index is 0.0907. The van der Waals surface area contributed by atoms with Crippen LogP contribution in [0.2, 0.25) is 0 Å². The number of nitrogens with zero attached hydrogens (tertiary/aromatic N) is 7. The van der Waals surface area contributed by atoms with E-state index in [9.17, 15) is 9.59 Å². The normalized spacial score (nSPS) is 14.3. The summed E-state index contributed by atoms with van der Waals surface area (Å²) >= 11 is 0. The van der Waals surface area contributed by atoms with E-state index in [0.717, 1.165) is 18.8 Å². The maximum Gasteiger partial charge on any atom is 0.413 e. The molecular formula is C23H25N9O3. The second-order valence-electron chi connectivity index (χ2n) is 8.15. The highest BCUT2D eigenvalue weighted by Crippen LogP contribution is 2.29. The van der Waals surface area contributed by atoms with Crippen molar-refractivity contribution in [1.82, 2.24) is 39.3 Å². The van der Waals surface area contributed by atoms with Gasteiger partial charge in [-0.05, 0) is 32.2 Å². The fraction of sp³-hybridized carbons (Fsp3) is 0.304. The molecule has 4 heterocycles. The molecular weight excluding hydrogens is 450 g/mol. The maximum atomic E-state index is 13.0. The summed E-state index contributed by atoms with van der Waals surface area (Å²) in [6.45, 7) is 5.00. The van der Waals surface area contributed by atoms with Crippen LogP contribution < -0.4 is 5.32 Å². The Morgan fingerprint density at radius 1 is 1.11 bits per heavy atom. The van der Waals surface area contributed by atoms with E-state index in [4.69, 9.17) is 4.74 Å². The zero-order valence-corrected chi connectivity index (χ0v) is 19.4. The van der Waals surface area contributed by atoms with E-state index >= 15 is 0 Å². The molecule has 0 aliphatic carbocycles. The number of H-pyrrole nitrogens is 1. The summed E-state index contributed by atoms with van der Waals surface area (Å²) in [5.74, 6) is 0.624. The lowest BCUT2D eigenvalue weighted by molar-refractivity contribution is 0.0658. The van der Waals surface area contributed by atoms with E-state index in [1.54, 1.807) is 42.5 Å². The lowest BCUT2D eigenvalue weighted by Crippen LogP contribution is -2.47. The predicted octanol–water partition coefficient (Wildman–Crippen LogP) is 2.16. The van der Waals surface area contributed by atoms with Gasteiger partial charge in [0.2, 0.25) is 5.95 Å². The van der Waals surface area contributed by atoms with Gasteiger partial charge in [-0.2, -0.15) is 0 Å². The van der Waals surface area contributed by atoms with E-state index in [0.29, 0.717) is 41.2 Å². The summed E-state index contributed by atoms with van der Waals surface area (Å²) in [7, 11) is 2.05. The molecule has 1 aliphatic rings. The SMILES string of the molecule is CCOC(=O)Nc1nc2c(-c3ncccn3)cc(-n3cnc(C(=O)N4CCN(C)CC4)c3)cc2[nH]1. The number of nitrogens with one attached hydrogen (secondary N) is 2. The standard InChI is InChI=1S/C23H25N9O3/c1-3-35-23(34)29-22-27-17-12-15(11-16(19(17)28-22)20-24-5-4-6-25-20)32-13-18(26-14-32)21(33)31-9-7-30(2)8-10-31/h4-6,11-14H,3,7-10H2,1-2H3,(H2,27,28,29,34). The third-order valence-electron chi connectivity index (χ3n) is 5.76. The van der Waals surface area contributed by atoms with Crippen LogP contribution in [0.5, 0.6) is 0 Å². The Bertz CT molecular complexity index is 1360. The molecule has 12 nitrogen and oxygen atoms in total. The number of anilines is 1. The van der Waals surface area contributed by atoms with Crippen molar-refractivity contribution in [3.8, 4) is 17.1 Å². The van der Waals surface area contributed by atoms with Crippen LogP contribution in [0.4, 0.5) is 10.7 Å².